The Labute approximate surface area is 125 Å². The summed E-state index contributed by atoms with van der Waals surface area (Å²) in [5, 5.41) is 2.61. The van der Waals surface area contributed by atoms with Gasteiger partial charge in [-0.1, -0.05) is 0 Å². The highest BCUT2D eigenvalue weighted by molar-refractivity contribution is 7.89. The first kappa shape index (κ1) is 15.9. The van der Waals surface area contributed by atoms with Gasteiger partial charge in [-0.25, -0.2) is 13.1 Å². The van der Waals surface area contributed by atoms with E-state index in [1.54, 1.807) is 12.1 Å². The Balaban J connectivity index is 2.03. The number of piperidine rings is 1. The smallest absolute Gasteiger partial charge is 0.240 e. The van der Waals surface area contributed by atoms with Crippen LogP contribution in [0, 0.1) is 0 Å². The van der Waals surface area contributed by atoms with Gasteiger partial charge in [0.1, 0.15) is 0 Å². The summed E-state index contributed by atoms with van der Waals surface area (Å²) < 4.78 is 27.4. The lowest BCUT2D eigenvalue weighted by Crippen LogP contribution is -2.43. The van der Waals surface area contributed by atoms with Crippen molar-refractivity contribution < 1.29 is 13.2 Å². The van der Waals surface area contributed by atoms with Gasteiger partial charge in [0.25, 0.3) is 0 Å². The lowest BCUT2D eigenvalue weighted by Gasteiger charge is -2.29. The highest BCUT2D eigenvalue weighted by atomic mass is 32.2. The summed E-state index contributed by atoms with van der Waals surface area (Å²) in [7, 11) is -1.47. The molecule has 0 radical (unpaired) electrons. The van der Waals surface area contributed by atoms with E-state index in [4.69, 9.17) is 0 Å². The molecule has 0 saturated carbocycles. The fourth-order valence-electron chi connectivity index (χ4n) is 2.33. The zero-order valence-corrected chi connectivity index (χ0v) is 13.1. The normalized spacial score (nSPS) is 17.6. The van der Waals surface area contributed by atoms with Crippen molar-refractivity contribution in [3.05, 3.63) is 24.3 Å². The van der Waals surface area contributed by atoms with Gasteiger partial charge in [-0.2, -0.15) is 0 Å². The van der Waals surface area contributed by atoms with Crippen LogP contribution in [-0.2, 0) is 14.8 Å². The first-order valence-electron chi connectivity index (χ1n) is 6.95. The van der Waals surface area contributed by atoms with Gasteiger partial charge in [-0.3, -0.25) is 4.79 Å². The first-order valence-corrected chi connectivity index (χ1v) is 8.44. The van der Waals surface area contributed by atoms with Gasteiger partial charge in [0.15, 0.2) is 0 Å². The SMILES string of the molecule is CC(=O)Nc1ccc(S(=O)(=O)NC2CCN(C)CC2)cc1. The van der Waals surface area contributed by atoms with E-state index in [1.165, 1.54) is 19.1 Å². The van der Waals surface area contributed by atoms with Crippen LogP contribution in [0.3, 0.4) is 0 Å². The molecule has 0 unspecified atom stereocenters. The van der Waals surface area contributed by atoms with Crippen molar-refractivity contribution in [2.24, 2.45) is 0 Å². The Hall–Kier alpha value is -1.44. The Morgan fingerprint density at radius 1 is 1.19 bits per heavy atom. The van der Waals surface area contributed by atoms with Crippen LogP contribution in [0.15, 0.2) is 29.2 Å². The van der Waals surface area contributed by atoms with E-state index in [1.807, 2.05) is 7.05 Å². The summed E-state index contributed by atoms with van der Waals surface area (Å²) >= 11 is 0. The molecule has 1 saturated heterocycles. The molecule has 2 N–H and O–H groups in total. The predicted molar refractivity (Wildman–Crippen MR) is 81.6 cm³/mol. The average Bonchev–Trinajstić information content (AvgIpc) is 2.41. The number of anilines is 1. The number of carbonyl (C=O) groups is 1. The molecule has 7 heteroatoms. The van der Waals surface area contributed by atoms with E-state index >= 15 is 0 Å². The highest BCUT2D eigenvalue weighted by Gasteiger charge is 2.23. The second-order valence-corrected chi connectivity index (χ2v) is 7.12. The summed E-state index contributed by atoms with van der Waals surface area (Å²) in [5.74, 6) is -0.185. The molecule has 0 aromatic heterocycles. The molecule has 21 heavy (non-hydrogen) atoms. The van der Waals surface area contributed by atoms with Gasteiger partial charge in [0.2, 0.25) is 15.9 Å². The number of sulfonamides is 1. The largest absolute Gasteiger partial charge is 0.326 e. The standard InChI is InChI=1S/C14H21N3O3S/c1-11(18)15-12-3-5-14(6-4-12)21(19,20)16-13-7-9-17(2)10-8-13/h3-6,13,16H,7-10H2,1-2H3,(H,15,18). The van der Waals surface area contributed by atoms with Crippen LogP contribution in [0.4, 0.5) is 5.69 Å². The second-order valence-electron chi connectivity index (χ2n) is 5.40. The van der Waals surface area contributed by atoms with Gasteiger partial charge >= 0.3 is 0 Å². The third-order valence-corrected chi connectivity index (χ3v) is 5.06. The lowest BCUT2D eigenvalue weighted by atomic mass is 10.1. The Bertz CT molecular complexity index is 590. The first-order chi connectivity index (χ1) is 9.87. The van der Waals surface area contributed by atoms with Crippen molar-refractivity contribution in [1.29, 1.82) is 0 Å². The predicted octanol–water partition coefficient (Wildman–Crippen LogP) is 1.02. The monoisotopic (exact) mass is 311 g/mol. The zero-order chi connectivity index (χ0) is 15.5. The number of hydrogen-bond acceptors (Lipinski definition) is 4. The van der Waals surface area contributed by atoms with Crippen molar-refractivity contribution >= 4 is 21.6 Å². The number of nitrogens with one attached hydrogen (secondary N) is 2. The van der Waals surface area contributed by atoms with E-state index < -0.39 is 10.0 Å². The van der Waals surface area contributed by atoms with E-state index in [9.17, 15) is 13.2 Å². The molecule has 1 aliphatic rings. The number of likely N-dealkylation sites (tertiary alicyclic amines) is 1. The van der Waals surface area contributed by atoms with Crippen LogP contribution in [0.5, 0.6) is 0 Å². The summed E-state index contributed by atoms with van der Waals surface area (Å²) in [4.78, 5) is 13.3. The molecule has 0 spiro atoms. The highest BCUT2D eigenvalue weighted by Crippen LogP contribution is 2.16. The summed E-state index contributed by atoms with van der Waals surface area (Å²) in [6.07, 6.45) is 1.64. The van der Waals surface area contributed by atoms with E-state index in [0.717, 1.165) is 25.9 Å². The third kappa shape index (κ3) is 4.52. The number of benzene rings is 1. The minimum absolute atomic E-state index is 0.0128. The van der Waals surface area contributed by atoms with Gasteiger partial charge in [-0.05, 0) is 57.2 Å². The van der Waals surface area contributed by atoms with Gasteiger partial charge in [0.05, 0.1) is 4.90 Å². The molecular weight excluding hydrogens is 290 g/mol. The zero-order valence-electron chi connectivity index (χ0n) is 12.3. The van der Waals surface area contributed by atoms with Crippen LogP contribution in [0.2, 0.25) is 0 Å². The van der Waals surface area contributed by atoms with Crippen LogP contribution >= 0.6 is 0 Å². The van der Waals surface area contributed by atoms with Crippen LogP contribution in [0.1, 0.15) is 19.8 Å². The number of amides is 1. The number of carbonyl (C=O) groups excluding carboxylic acids is 1. The molecule has 1 aromatic carbocycles. The van der Waals surface area contributed by atoms with Crippen molar-refractivity contribution in [2.75, 3.05) is 25.5 Å². The van der Waals surface area contributed by atoms with Crippen molar-refractivity contribution in [2.45, 2.75) is 30.7 Å². The molecule has 2 rings (SSSR count). The number of rotatable bonds is 4. The number of nitrogens with zero attached hydrogens (tertiary/aromatic N) is 1. The minimum Gasteiger partial charge on any atom is -0.326 e. The molecule has 1 aromatic rings. The van der Waals surface area contributed by atoms with Crippen molar-refractivity contribution in [3.8, 4) is 0 Å². The number of hydrogen-bond donors (Lipinski definition) is 2. The van der Waals surface area contributed by atoms with Gasteiger partial charge in [0, 0.05) is 18.7 Å². The van der Waals surface area contributed by atoms with Gasteiger partial charge < -0.3 is 10.2 Å². The molecule has 116 valence electrons. The Morgan fingerprint density at radius 3 is 2.29 bits per heavy atom. The molecule has 1 fully saturated rings. The molecule has 6 nitrogen and oxygen atoms in total. The summed E-state index contributed by atoms with van der Waals surface area (Å²) in [6.45, 7) is 3.20. The summed E-state index contributed by atoms with van der Waals surface area (Å²) in [5.41, 5.74) is 0.584. The molecule has 1 heterocycles. The van der Waals surface area contributed by atoms with Crippen molar-refractivity contribution in [3.63, 3.8) is 0 Å². The molecule has 1 amide bonds. The maximum Gasteiger partial charge on any atom is 0.240 e. The van der Waals surface area contributed by atoms with Crippen molar-refractivity contribution in [1.82, 2.24) is 9.62 Å². The van der Waals surface area contributed by atoms with Crippen LogP contribution in [0.25, 0.3) is 0 Å². The maximum absolute atomic E-state index is 12.3. The average molecular weight is 311 g/mol. The molecule has 0 atom stereocenters. The van der Waals surface area contributed by atoms with Crippen LogP contribution in [-0.4, -0.2) is 45.4 Å². The van der Waals surface area contributed by atoms with E-state index in [-0.39, 0.29) is 16.8 Å². The minimum atomic E-state index is -3.50. The van der Waals surface area contributed by atoms with Crippen LogP contribution < -0.4 is 10.0 Å². The quantitative estimate of drug-likeness (QED) is 0.870. The fraction of sp³-hybridized carbons (Fsp3) is 0.500. The lowest BCUT2D eigenvalue weighted by molar-refractivity contribution is -0.114. The van der Waals surface area contributed by atoms with E-state index in [2.05, 4.69) is 14.9 Å². The van der Waals surface area contributed by atoms with Gasteiger partial charge in [-0.15, -0.1) is 0 Å². The molecule has 0 bridgehead atoms. The Kier molecular flexibility index (Phi) is 4.97. The second kappa shape index (κ2) is 6.55. The molecule has 0 aliphatic carbocycles. The molecule has 1 aliphatic heterocycles. The van der Waals surface area contributed by atoms with E-state index in [0.29, 0.717) is 5.69 Å². The molecular formula is C14H21N3O3S. The Morgan fingerprint density at radius 2 is 1.76 bits per heavy atom. The third-order valence-electron chi connectivity index (χ3n) is 3.53. The fourth-order valence-corrected chi connectivity index (χ4v) is 3.64. The topological polar surface area (TPSA) is 78.5 Å². The maximum atomic E-state index is 12.3. The summed E-state index contributed by atoms with van der Waals surface area (Å²) in [6, 6.07) is 6.17.